The van der Waals surface area contributed by atoms with Crippen molar-refractivity contribution < 1.29 is 8.42 Å². The summed E-state index contributed by atoms with van der Waals surface area (Å²) in [5.74, 6) is 0.489. The molecule has 102 valence electrons. The molecule has 0 bridgehead atoms. The highest BCUT2D eigenvalue weighted by Crippen LogP contribution is 2.27. The molecule has 0 aromatic rings. The standard InChI is InChI=1S/C10H21ClN2O2S2/c1-9-7-13(8-10(2)16-9)17(14,15)12(3)6-4-5-11/h9-10H,4-8H2,1-3H3. The van der Waals surface area contributed by atoms with Crippen LogP contribution in [0.5, 0.6) is 0 Å². The highest BCUT2D eigenvalue weighted by atomic mass is 35.5. The Hall–Kier alpha value is 0.510. The van der Waals surface area contributed by atoms with E-state index in [0.717, 1.165) is 0 Å². The van der Waals surface area contributed by atoms with E-state index in [4.69, 9.17) is 11.6 Å². The van der Waals surface area contributed by atoms with E-state index in [1.54, 1.807) is 11.4 Å². The number of hydrogen-bond acceptors (Lipinski definition) is 3. The zero-order valence-electron chi connectivity index (χ0n) is 10.6. The van der Waals surface area contributed by atoms with Crippen molar-refractivity contribution in [2.45, 2.75) is 30.8 Å². The Labute approximate surface area is 114 Å². The molecule has 1 rings (SSSR count). The van der Waals surface area contributed by atoms with E-state index in [1.807, 2.05) is 11.8 Å². The molecule has 17 heavy (non-hydrogen) atoms. The first-order chi connectivity index (χ1) is 7.87. The fourth-order valence-corrected chi connectivity index (χ4v) is 5.13. The topological polar surface area (TPSA) is 40.6 Å². The minimum absolute atomic E-state index is 0.356. The van der Waals surface area contributed by atoms with Crippen LogP contribution >= 0.6 is 23.4 Å². The Morgan fingerprint density at radius 2 is 1.88 bits per heavy atom. The van der Waals surface area contributed by atoms with Crippen LogP contribution in [0.1, 0.15) is 20.3 Å². The van der Waals surface area contributed by atoms with Gasteiger partial charge in [-0.15, -0.1) is 11.6 Å². The van der Waals surface area contributed by atoms with Gasteiger partial charge in [0.1, 0.15) is 0 Å². The second-order valence-electron chi connectivity index (χ2n) is 4.45. The summed E-state index contributed by atoms with van der Waals surface area (Å²) >= 11 is 7.43. The Balaban J connectivity index is 2.68. The maximum Gasteiger partial charge on any atom is 0.281 e. The molecule has 7 heteroatoms. The van der Waals surface area contributed by atoms with Gasteiger partial charge in [0.25, 0.3) is 10.2 Å². The summed E-state index contributed by atoms with van der Waals surface area (Å²) in [6, 6.07) is 0. The number of thioether (sulfide) groups is 1. The molecule has 1 aliphatic rings. The first-order valence-electron chi connectivity index (χ1n) is 5.80. The van der Waals surface area contributed by atoms with Gasteiger partial charge in [0, 0.05) is 43.1 Å². The molecule has 2 atom stereocenters. The van der Waals surface area contributed by atoms with Crippen LogP contribution in [0.3, 0.4) is 0 Å². The molecule has 1 saturated heterocycles. The number of halogens is 1. The molecule has 0 aromatic heterocycles. The van der Waals surface area contributed by atoms with Crippen molar-refractivity contribution in [3.63, 3.8) is 0 Å². The van der Waals surface area contributed by atoms with Gasteiger partial charge < -0.3 is 0 Å². The lowest BCUT2D eigenvalue weighted by Crippen LogP contribution is -2.49. The molecule has 0 spiro atoms. The van der Waals surface area contributed by atoms with E-state index in [-0.39, 0.29) is 0 Å². The Morgan fingerprint density at radius 3 is 2.35 bits per heavy atom. The van der Waals surface area contributed by atoms with Crippen LogP contribution in [0.15, 0.2) is 0 Å². The van der Waals surface area contributed by atoms with Gasteiger partial charge in [-0.1, -0.05) is 13.8 Å². The van der Waals surface area contributed by atoms with Crippen molar-refractivity contribution >= 4 is 33.6 Å². The quantitative estimate of drug-likeness (QED) is 0.725. The minimum Gasteiger partial charge on any atom is -0.195 e. The summed E-state index contributed by atoms with van der Waals surface area (Å²) in [6.45, 7) is 5.83. The fourth-order valence-electron chi connectivity index (χ4n) is 1.91. The zero-order valence-corrected chi connectivity index (χ0v) is 13.0. The predicted octanol–water partition coefficient (Wildman–Crippen LogP) is 1.62. The van der Waals surface area contributed by atoms with Crippen molar-refractivity contribution in [2.75, 3.05) is 32.6 Å². The van der Waals surface area contributed by atoms with Gasteiger partial charge >= 0.3 is 0 Å². The van der Waals surface area contributed by atoms with E-state index in [0.29, 0.717) is 42.4 Å². The lowest BCUT2D eigenvalue weighted by molar-refractivity contribution is 0.354. The summed E-state index contributed by atoms with van der Waals surface area (Å²) in [5.41, 5.74) is 0. The van der Waals surface area contributed by atoms with Crippen LogP contribution in [0.25, 0.3) is 0 Å². The lowest BCUT2D eigenvalue weighted by atomic mass is 10.4. The van der Waals surface area contributed by atoms with Gasteiger partial charge in [0.2, 0.25) is 0 Å². The van der Waals surface area contributed by atoms with Crippen LogP contribution in [-0.4, -0.2) is 60.1 Å². The molecular formula is C10H21ClN2O2S2. The SMILES string of the molecule is CC1CN(S(=O)(=O)N(C)CCCCl)CC(C)S1. The summed E-state index contributed by atoms with van der Waals surface area (Å²) < 4.78 is 27.6. The molecule has 0 aromatic carbocycles. The third-order valence-corrected chi connectivity index (χ3v) is 6.13. The van der Waals surface area contributed by atoms with Gasteiger partial charge in [0.05, 0.1) is 0 Å². The van der Waals surface area contributed by atoms with Gasteiger partial charge in [-0.2, -0.15) is 28.8 Å². The van der Waals surface area contributed by atoms with Crippen LogP contribution in [0, 0.1) is 0 Å². The summed E-state index contributed by atoms with van der Waals surface area (Å²) in [6.07, 6.45) is 0.685. The maximum absolute atomic E-state index is 12.3. The summed E-state index contributed by atoms with van der Waals surface area (Å²) in [7, 11) is -1.68. The van der Waals surface area contributed by atoms with E-state index < -0.39 is 10.2 Å². The molecule has 4 nitrogen and oxygen atoms in total. The first-order valence-corrected chi connectivity index (χ1v) is 8.68. The average molecular weight is 301 g/mol. The fraction of sp³-hybridized carbons (Fsp3) is 1.00. The van der Waals surface area contributed by atoms with E-state index in [2.05, 4.69) is 13.8 Å². The maximum atomic E-state index is 12.3. The summed E-state index contributed by atoms with van der Waals surface area (Å²) in [5, 5.41) is 0.713. The van der Waals surface area contributed by atoms with Gasteiger partial charge in [-0.05, 0) is 6.42 Å². The van der Waals surface area contributed by atoms with Gasteiger partial charge in [0.15, 0.2) is 0 Å². The molecule has 1 aliphatic heterocycles. The smallest absolute Gasteiger partial charge is 0.195 e. The van der Waals surface area contributed by atoms with Crippen molar-refractivity contribution in [1.82, 2.24) is 8.61 Å². The van der Waals surface area contributed by atoms with E-state index >= 15 is 0 Å². The molecule has 0 N–H and O–H groups in total. The third-order valence-electron chi connectivity index (χ3n) is 2.71. The average Bonchev–Trinajstić information content (AvgIpc) is 2.24. The number of nitrogens with zero attached hydrogens (tertiary/aromatic N) is 2. The second-order valence-corrected chi connectivity index (χ2v) is 8.74. The highest BCUT2D eigenvalue weighted by molar-refractivity contribution is 8.00. The lowest BCUT2D eigenvalue weighted by Gasteiger charge is -2.35. The molecule has 0 aliphatic carbocycles. The van der Waals surface area contributed by atoms with E-state index in [1.165, 1.54) is 4.31 Å². The second kappa shape index (κ2) is 6.61. The highest BCUT2D eigenvalue weighted by Gasteiger charge is 2.33. The van der Waals surface area contributed by atoms with E-state index in [9.17, 15) is 8.42 Å². The molecule has 0 saturated carbocycles. The molecule has 2 unspecified atom stereocenters. The van der Waals surface area contributed by atoms with Crippen LogP contribution < -0.4 is 0 Å². The zero-order chi connectivity index (χ0) is 13.1. The number of hydrogen-bond donors (Lipinski definition) is 0. The monoisotopic (exact) mass is 300 g/mol. The van der Waals surface area contributed by atoms with Crippen molar-refractivity contribution in [3.8, 4) is 0 Å². The molecular weight excluding hydrogens is 280 g/mol. The molecule has 1 fully saturated rings. The first kappa shape index (κ1) is 15.6. The summed E-state index contributed by atoms with van der Waals surface area (Å²) in [4.78, 5) is 0. The van der Waals surface area contributed by atoms with Crippen molar-refractivity contribution in [3.05, 3.63) is 0 Å². The number of alkyl halides is 1. The van der Waals surface area contributed by atoms with Gasteiger partial charge in [-0.3, -0.25) is 0 Å². The van der Waals surface area contributed by atoms with Crippen LogP contribution in [0.2, 0.25) is 0 Å². The van der Waals surface area contributed by atoms with Gasteiger partial charge in [-0.25, -0.2) is 0 Å². The largest absolute Gasteiger partial charge is 0.281 e. The molecule has 1 heterocycles. The Kier molecular flexibility index (Phi) is 6.05. The Morgan fingerprint density at radius 1 is 1.35 bits per heavy atom. The third kappa shape index (κ3) is 4.28. The predicted molar refractivity (Wildman–Crippen MR) is 75.0 cm³/mol. The van der Waals surface area contributed by atoms with Crippen LogP contribution in [-0.2, 0) is 10.2 Å². The normalized spacial score (nSPS) is 27.6. The number of rotatable bonds is 5. The molecule has 0 amide bonds. The minimum atomic E-state index is -3.31. The van der Waals surface area contributed by atoms with Crippen molar-refractivity contribution in [2.24, 2.45) is 0 Å². The van der Waals surface area contributed by atoms with Crippen LogP contribution in [0.4, 0.5) is 0 Å². The molecule has 0 radical (unpaired) electrons. The van der Waals surface area contributed by atoms with Crippen molar-refractivity contribution in [1.29, 1.82) is 0 Å². The Bertz CT molecular complexity index is 327.